The summed E-state index contributed by atoms with van der Waals surface area (Å²) in [7, 11) is 0. The Morgan fingerprint density at radius 1 is 0.967 bits per heavy atom. The zero-order valence-electron chi connectivity index (χ0n) is 35.5. The molecule has 0 bridgehead atoms. The van der Waals surface area contributed by atoms with Gasteiger partial charge in [-0.05, 0) is 68.6 Å². The molecular formula is C41H62N10O10. The highest BCUT2D eigenvalue weighted by molar-refractivity contribution is 6.38. The van der Waals surface area contributed by atoms with Crippen LogP contribution < -0.4 is 43.4 Å². The maximum Gasteiger partial charge on any atom is 0.290 e. The summed E-state index contributed by atoms with van der Waals surface area (Å²) in [6.45, 7) is 8.44. The Labute approximate surface area is 355 Å². The number of carbonyl (C=O) groups excluding carboxylic acids is 8. The summed E-state index contributed by atoms with van der Waals surface area (Å²) >= 11 is 0. The Kier molecular flexibility index (Phi) is 19.0. The number of rotatable bonds is 14. The molecule has 0 aliphatic carbocycles. The van der Waals surface area contributed by atoms with Crippen molar-refractivity contribution in [2.45, 2.75) is 122 Å². The maximum absolute atomic E-state index is 14.2. The maximum atomic E-state index is 14.2. The van der Waals surface area contributed by atoms with Crippen LogP contribution in [0.4, 0.5) is 0 Å². The Morgan fingerprint density at radius 2 is 1.69 bits per heavy atom. The van der Waals surface area contributed by atoms with Crippen LogP contribution in [0.1, 0.15) is 85.1 Å². The minimum atomic E-state index is -1.43. The minimum Gasteiger partial charge on any atom is -0.504 e. The topological polar surface area (TPSA) is 317 Å². The van der Waals surface area contributed by atoms with Crippen LogP contribution in [-0.2, 0) is 44.8 Å². The molecule has 12 N–H and O–H groups in total. The highest BCUT2D eigenvalue weighted by atomic mass is 16.3. The highest BCUT2D eigenvalue weighted by Gasteiger charge is 2.40. The number of fused-ring (bicyclic) bond motifs is 1. The molecule has 7 amide bonds. The largest absolute Gasteiger partial charge is 0.504 e. The average Bonchev–Trinajstić information content (AvgIpc) is 3.71. The number of amides is 7. The second-order valence-corrected chi connectivity index (χ2v) is 15.7. The molecule has 61 heavy (non-hydrogen) atoms. The lowest BCUT2D eigenvalue weighted by atomic mass is 9.96. The number of phenols is 2. The number of nitrogens with two attached hydrogens (primary N) is 2. The predicted molar refractivity (Wildman–Crippen MR) is 224 cm³/mol. The van der Waals surface area contributed by atoms with E-state index in [9.17, 15) is 48.6 Å². The van der Waals surface area contributed by atoms with Gasteiger partial charge in [0, 0.05) is 32.1 Å². The molecule has 1 aromatic rings. The van der Waals surface area contributed by atoms with E-state index < -0.39 is 95.7 Å². The first-order chi connectivity index (χ1) is 28.8. The third-order valence-electron chi connectivity index (χ3n) is 10.8. The Bertz CT molecular complexity index is 1830. The molecule has 8 atom stereocenters. The van der Waals surface area contributed by atoms with Crippen LogP contribution in [0.15, 0.2) is 35.3 Å². The second-order valence-electron chi connectivity index (χ2n) is 15.7. The van der Waals surface area contributed by atoms with Crippen molar-refractivity contribution in [2.24, 2.45) is 28.3 Å². The van der Waals surface area contributed by atoms with Gasteiger partial charge in [-0.3, -0.25) is 43.3 Å². The molecule has 0 spiro atoms. The number of nitrogens with one attached hydrogen (secondary N) is 6. The summed E-state index contributed by atoms with van der Waals surface area (Å²) in [5, 5.41) is 35.8. The molecule has 2 heterocycles. The molecule has 336 valence electrons. The predicted octanol–water partition coefficient (Wildman–Crippen LogP) is -1.13. The van der Waals surface area contributed by atoms with E-state index in [0.29, 0.717) is 18.4 Å². The van der Waals surface area contributed by atoms with Crippen LogP contribution in [0.25, 0.3) is 0 Å². The summed E-state index contributed by atoms with van der Waals surface area (Å²) < 4.78 is 0. The first kappa shape index (κ1) is 49.2. The van der Waals surface area contributed by atoms with Gasteiger partial charge in [0.15, 0.2) is 17.5 Å². The number of aliphatic imine (C=N–C) groups is 1. The van der Waals surface area contributed by atoms with Crippen molar-refractivity contribution in [3.05, 3.63) is 35.9 Å². The quantitative estimate of drug-likeness (QED) is 0.0350. The third-order valence-corrected chi connectivity index (χ3v) is 10.8. The van der Waals surface area contributed by atoms with Crippen LogP contribution in [0.5, 0.6) is 11.5 Å². The molecule has 2 aliphatic rings. The number of hydrogen-bond acceptors (Lipinski definition) is 11. The first-order valence-corrected chi connectivity index (χ1v) is 20.7. The summed E-state index contributed by atoms with van der Waals surface area (Å²) in [5.41, 5.74) is 11.4. The van der Waals surface area contributed by atoms with Crippen molar-refractivity contribution in [2.75, 3.05) is 19.6 Å². The molecule has 3 rings (SSSR count). The van der Waals surface area contributed by atoms with Crippen LogP contribution in [0, 0.1) is 11.8 Å². The van der Waals surface area contributed by atoms with E-state index in [4.69, 9.17) is 11.5 Å². The molecule has 1 aromatic carbocycles. The van der Waals surface area contributed by atoms with Gasteiger partial charge in [-0.15, -0.1) is 0 Å². The van der Waals surface area contributed by atoms with Gasteiger partial charge in [0.05, 0.1) is 12.1 Å². The number of carbonyl (C=O) groups is 8. The van der Waals surface area contributed by atoms with Crippen molar-refractivity contribution < 1.29 is 48.6 Å². The fourth-order valence-corrected chi connectivity index (χ4v) is 6.79. The molecule has 1 fully saturated rings. The van der Waals surface area contributed by atoms with Crippen molar-refractivity contribution in [1.82, 2.24) is 36.8 Å². The van der Waals surface area contributed by atoms with Gasteiger partial charge in [-0.1, -0.05) is 52.7 Å². The van der Waals surface area contributed by atoms with E-state index in [2.05, 4.69) is 36.9 Å². The number of Topliss-reactive ketones (excluding diaryl/α,β-unsaturated/α-hetero) is 1. The van der Waals surface area contributed by atoms with Crippen molar-refractivity contribution in [1.29, 1.82) is 0 Å². The third kappa shape index (κ3) is 15.1. The number of hydrogen-bond donors (Lipinski definition) is 10. The summed E-state index contributed by atoms with van der Waals surface area (Å²) in [6, 6.07) is -3.25. The lowest BCUT2D eigenvalue weighted by molar-refractivity contribution is -0.144. The van der Waals surface area contributed by atoms with Crippen molar-refractivity contribution in [3.8, 4) is 11.5 Å². The molecule has 1 unspecified atom stereocenters. The zero-order chi connectivity index (χ0) is 45.4. The molecule has 20 heteroatoms. The molecule has 2 aliphatic heterocycles. The average molecular weight is 855 g/mol. The van der Waals surface area contributed by atoms with Crippen molar-refractivity contribution in [3.63, 3.8) is 0 Å². The Morgan fingerprint density at radius 3 is 2.34 bits per heavy atom. The lowest BCUT2D eigenvalue weighted by Gasteiger charge is -2.30. The number of nitrogens with zero attached hydrogens (tertiary/aromatic N) is 2. The second kappa shape index (κ2) is 23.5. The van der Waals surface area contributed by atoms with E-state index in [1.807, 2.05) is 13.8 Å². The van der Waals surface area contributed by atoms with E-state index in [-0.39, 0.29) is 68.7 Å². The van der Waals surface area contributed by atoms with Gasteiger partial charge in [0.25, 0.3) is 5.91 Å². The van der Waals surface area contributed by atoms with Gasteiger partial charge in [-0.2, -0.15) is 0 Å². The highest BCUT2D eigenvalue weighted by Crippen LogP contribution is 2.26. The standard InChI is InChI=1S/C41H62N10O10/c1-6-22(3)18-33(55)46-24(5)36(57)49-28-21-45-32(54)15-13-26(19-25-12-14-30(52)31(53)20-25)47-38(59)34(23(4)7-2)50-39(60)35(56)27(10-8-16-44-41(42)43)48-37(58)29-11-9-17-51(29)40(28)61/h12-15,20,22-24,26-29,34,52-53H,6-11,16-19,21H2,1-5H3,(H,45,54)(H,46,55)(H,47,59)(H,48,58)(H,49,57)(H,50,60)(H4,42,43,44)/b15-13+/t22?,23-,24+,26-,27+,28+,29+,34+/m1/s1. The van der Waals surface area contributed by atoms with Crippen molar-refractivity contribution >= 4 is 53.1 Å². The van der Waals surface area contributed by atoms with Gasteiger partial charge in [0.1, 0.15) is 24.2 Å². The minimum absolute atomic E-state index is 0.0124. The molecular weight excluding hydrogens is 793 g/mol. The molecule has 1 saturated heterocycles. The fraction of sp³-hybridized carbons (Fsp3) is 0.585. The molecule has 0 radical (unpaired) electrons. The van der Waals surface area contributed by atoms with Gasteiger partial charge < -0.3 is 58.5 Å². The van der Waals surface area contributed by atoms with Gasteiger partial charge in [0.2, 0.25) is 41.2 Å². The number of ketones is 1. The van der Waals surface area contributed by atoms with Gasteiger partial charge in [-0.25, -0.2) is 0 Å². The van der Waals surface area contributed by atoms with Crippen LogP contribution in [-0.4, -0.2) is 124 Å². The number of aromatic hydroxyl groups is 2. The molecule has 0 aromatic heterocycles. The molecule has 20 nitrogen and oxygen atoms in total. The summed E-state index contributed by atoms with van der Waals surface area (Å²) in [4.78, 5) is 114. The van der Waals surface area contributed by atoms with E-state index in [1.165, 1.54) is 36.1 Å². The summed E-state index contributed by atoms with van der Waals surface area (Å²) in [6.07, 6.45) is 4.37. The number of benzene rings is 1. The lowest BCUT2D eigenvalue weighted by Crippen LogP contribution is -2.60. The number of phenolic OH excluding ortho intramolecular Hbond substituents is 2. The van der Waals surface area contributed by atoms with Crippen LogP contribution >= 0.6 is 0 Å². The van der Waals surface area contributed by atoms with Gasteiger partial charge >= 0.3 is 0 Å². The molecule has 0 saturated carbocycles. The van der Waals surface area contributed by atoms with E-state index in [1.54, 1.807) is 13.8 Å². The smallest absolute Gasteiger partial charge is 0.290 e. The normalized spacial score (nSPS) is 23.9. The fourth-order valence-electron chi connectivity index (χ4n) is 6.79. The number of guanidine groups is 1. The monoisotopic (exact) mass is 854 g/mol. The van der Waals surface area contributed by atoms with Crippen LogP contribution in [0.3, 0.4) is 0 Å². The zero-order valence-corrected chi connectivity index (χ0v) is 35.5. The Hall–Kier alpha value is -6.21. The van der Waals surface area contributed by atoms with E-state index >= 15 is 0 Å². The first-order valence-electron chi connectivity index (χ1n) is 20.7. The van der Waals surface area contributed by atoms with E-state index in [0.717, 1.165) is 12.5 Å². The Balaban J connectivity index is 2.06. The van der Waals surface area contributed by atoms with Crippen LogP contribution in [0.2, 0.25) is 0 Å². The summed E-state index contributed by atoms with van der Waals surface area (Å²) in [5.74, 6) is -7.68. The SMILES string of the molecule is CCC(C)CC(=O)N[C@@H](C)C(=O)N[C@H]1CNC(=O)/C=C/[C@H](Cc2ccc(O)c(O)c2)NC(=O)[C@H]([C@H](C)CC)NC(=O)C(=O)[C@H](CCCN=C(N)N)NC(=O)[C@@H]2CCCN2C1=O.